The van der Waals surface area contributed by atoms with E-state index in [1.807, 2.05) is 4.90 Å². The van der Waals surface area contributed by atoms with Gasteiger partial charge in [0.25, 0.3) is 0 Å². The molecule has 1 N–H and O–H groups in total. The third kappa shape index (κ3) is 6.56. The topological polar surface area (TPSA) is 50.8 Å². The minimum Gasteiger partial charge on any atom is -0.383 e. The summed E-state index contributed by atoms with van der Waals surface area (Å²) in [4.78, 5) is 14.3. The van der Waals surface area contributed by atoms with Crippen molar-refractivity contribution in [2.45, 2.75) is 25.8 Å². The smallest absolute Gasteiger partial charge is 0.225 e. The normalized spacial score (nSPS) is 22.7. The lowest BCUT2D eigenvalue weighted by Crippen LogP contribution is -2.46. The molecule has 6 heteroatoms. The Morgan fingerprint density at radius 1 is 1.26 bits per heavy atom. The van der Waals surface area contributed by atoms with Crippen LogP contribution in [0.25, 0.3) is 0 Å². The number of amides is 1. The highest BCUT2D eigenvalue weighted by Gasteiger charge is 2.28. The first-order valence-corrected chi connectivity index (χ1v) is 6.69. The second-order valence-electron chi connectivity index (χ2n) is 4.89. The standard InChI is InChI=1S/C13H26N2O3.ClH/c1-11-10-12(4-5-14-11)13(16)15(6-8-17-2)7-9-18-3;/h11-12,14H,4-10H2,1-3H3;1H/t11-,12-;/m0./s1. The Morgan fingerprint density at radius 2 is 1.84 bits per heavy atom. The fourth-order valence-corrected chi connectivity index (χ4v) is 2.35. The van der Waals surface area contributed by atoms with Crippen molar-refractivity contribution in [2.24, 2.45) is 5.92 Å². The Morgan fingerprint density at radius 3 is 2.32 bits per heavy atom. The molecule has 0 saturated carbocycles. The molecule has 5 nitrogen and oxygen atoms in total. The Bertz CT molecular complexity index is 246. The van der Waals surface area contributed by atoms with Gasteiger partial charge in [-0.15, -0.1) is 12.4 Å². The quantitative estimate of drug-likeness (QED) is 0.758. The molecule has 1 heterocycles. The highest BCUT2D eigenvalue weighted by atomic mass is 35.5. The SMILES string of the molecule is COCCN(CCOC)C(=O)[C@H]1CCN[C@@H](C)C1.Cl. The van der Waals surface area contributed by atoms with Crippen molar-refractivity contribution in [1.29, 1.82) is 0 Å². The van der Waals surface area contributed by atoms with Crippen molar-refractivity contribution in [3.05, 3.63) is 0 Å². The van der Waals surface area contributed by atoms with Gasteiger partial charge in [-0.05, 0) is 26.3 Å². The molecule has 0 unspecified atom stereocenters. The second-order valence-corrected chi connectivity index (χ2v) is 4.89. The summed E-state index contributed by atoms with van der Waals surface area (Å²) in [6.07, 6.45) is 1.86. The van der Waals surface area contributed by atoms with Gasteiger partial charge in [-0.1, -0.05) is 0 Å². The van der Waals surface area contributed by atoms with Crippen LogP contribution in [0.4, 0.5) is 0 Å². The summed E-state index contributed by atoms with van der Waals surface area (Å²) in [5.41, 5.74) is 0. The lowest BCUT2D eigenvalue weighted by Gasteiger charge is -2.32. The summed E-state index contributed by atoms with van der Waals surface area (Å²) in [7, 11) is 3.32. The van der Waals surface area contributed by atoms with Crippen molar-refractivity contribution >= 4 is 18.3 Å². The summed E-state index contributed by atoms with van der Waals surface area (Å²) in [5.74, 6) is 0.396. The number of carbonyl (C=O) groups is 1. The lowest BCUT2D eigenvalue weighted by atomic mass is 9.92. The molecule has 0 radical (unpaired) electrons. The maximum absolute atomic E-state index is 12.4. The molecule has 2 atom stereocenters. The average molecular weight is 295 g/mol. The number of hydrogen-bond acceptors (Lipinski definition) is 4. The number of ether oxygens (including phenoxy) is 2. The number of nitrogens with zero attached hydrogens (tertiary/aromatic N) is 1. The first-order chi connectivity index (χ1) is 8.69. The molecule has 0 aromatic rings. The zero-order chi connectivity index (χ0) is 13.4. The number of rotatable bonds is 7. The molecule has 1 rings (SSSR count). The fraction of sp³-hybridized carbons (Fsp3) is 0.923. The van der Waals surface area contributed by atoms with Crippen LogP contribution in [0.15, 0.2) is 0 Å². The average Bonchev–Trinajstić information content (AvgIpc) is 2.38. The number of hydrogen-bond donors (Lipinski definition) is 1. The lowest BCUT2D eigenvalue weighted by molar-refractivity contribution is -0.138. The highest BCUT2D eigenvalue weighted by Crippen LogP contribution is 2.18. The first kappa shape index (κ1) is 18.6. The monoisotopic (exact) mass is 294 g/mol. The molecule has 1 fully saturated rings. The summed E-state index contributed by atoms with van der Waals surface area (Å²) in [5, 5.41) is 3.37. The van der Waals surface area contributed by atoms with E-state index in [1.165, 1.54) is 0 Å². The predicted molar refractivity (Wildman–Crippen MR) is 77.8 cm³/mol. The molecular formula is C13H27ClN2O3. The van der Waals surface area contributed by atoms with E-state index in [2.05, 4.69) is 12.2 Å². The number of methoxy groups -OCH3 is 2. The zero-order valence-electron chi connectivity index (χ0n) is 12.2. The third-order valence-electron chi connectivity index (χ3n) is 3.42. The zero-order valence-corrected chi connectivity index (χ0v) is 13.0. The Balaban J connectivity index is 0.00000324. The third-order valence-corrected chi connectivity index (χ3v) is 3.42. The van der Waals surface area contributed by atoms with Gasteiger partial charge in [0.2, 0.25) is 5.91 Å². The minimum absolute atomic E-state index is 0. The van der Waals surface area contributed by atoms with Crippen LogP contribution >= 0.6 is 12.4 Å². The molecule has 1 aliphatic rings. The van der Waals surface area contributed by atoms with Crippen molar-refractivity contribution in [1.82, 2.24) is 10.2 Å². The van der Waals surface area contributed by atoms with Gasteiger partial charge < -0.3 is 19.7 Å². The van der Waals surface area contributed by atoms with E-state index in [0.717, 1.165) is 19.4 Å². The molecule has 1 aliphatic heterocycles. The summed E-state index contributed by atoms with van der Waals surface area (Å²) in [6.45, 7) is 5.52. The van der Waals surface area contributed by atoms with E-state index in [1.54, 1.807) is 14.2 Å². The molecule has 0 spiro atoms. The maximum Gasteiger partial charge on any atom is 0.225 e. The van der Waals surface area contributed by atoms with Gasteiger partial charge in [0.05, 0.1) is 13.2 Å². The van der Waals surface area contributed by atoms with E-state index in [4.69, 9.17) is 9.47 Å². The molecule has 0 aromatic heterocycles. The molecule has 1 amide bonds. The van der Waals surface area contributed by atoms with Gasteiger partial charge >= 0.3 is 0 Å². The van der Waals surface area contributed by atoms with Crippen LogP contribution < -0.4 is 5.32 Å². The summed E-state index contributed by atoms with van der Waals surface area (Å²) in [6, 6.07) is 0.430. The van der Waals surface area contributed by atoms with Gasteiger partial charge in [0, 0.05) is 39.3 Å². The highest BCUT2D eigenvalue weighted by molar-refractivity contribution is 5.85. The van der Waals surface area contributed by atoms with Gasteiger partial charge in [0.15, 0.2) is 0 Å². The van der Waals surface area contributed by atoms with Crippen LogP contribution in [0.1, 0.15) is 19.8 Å². The van der Waals surface area contributed by atoms with Gasteiger partial charge in [-0.2, -0.15) is 0 Å². The van der Waals surface area contributed by atoms with Crippen molar-refractivity contribution in [2.75, 3.05) is 47.1 Å². The molecule has 0 aliphatic carbocycles. The maximum atomic E-state index is 12.4. The van der Waals surface area contributed by atoms with Crippen molar-refractivity contribution in [3.63, 3.8) is 0 Å². The molecule has 1 saturated heterocycles. The largest absolute Gasteiger partial charge is 0.383 e. The number of halogens is 1. The number of carbonyl (C=O) groups excluding carboxylic acids is 1. The molecule has 114 valence electrons. The van der Waals surface area contributed by atoms with E-state index in [-0.39, 0.29) is 24.2 Å². The van der Waals surface area contributed by atoms with Gasteiger partial charge in [0.1, 0.15) is 0 Å². The van der Waals surface area contributed by atoms with Gasteiger partial charge in [-0.25, -0.2) is 0 Å². The van der Waals surface area contributed by atoms with E-state index >= 15 is 0 Å². The number of nitrogens with one attached hydrogen (secondary N) is 1. The van der Waals surface area contributed by atoms with E-state index < -0.39 is 0 Å². The summed E-state index contributed by atoms with van der Waals surface area (Å²) < 4.78 is 10.1. The van der Waals surface area contributed by atoms with Crippen LogP contribution in [0.3, 0.4) is 0 Å². The van der Waals surface area contributed by atoms with Crippen molar-refractivity contribution in [3.8, 4) is 0 Å². The first-order valence-electron chi connectivity index (χ1n) is 6.69. The Labute approximate surface area is 122 Å². The molecular weight excluding hydrogens is 268 g/mol. The van der Waals surface area contributed by atoms with Crippen molar-refractivity contribution < 1.29 is 14.3 Å². The van der Waals surface area contributed by atoms with Crippen LogP contribution in [-0.4, -0.2) is 63.9 Å². The van der Waals surface area contributed by atoms with Crippen LogP contribution in [-0.2, 0) is 14.3 Å². The molecule has 0 bridgehead atoms. The van der Waals surface area contributed by atoms with Crippen LogP contribution in [0.5, 0.6) is 0 Å². The summed E-state index contributed by atoms with van der Waals surface area (Å²) >= 11 is 0. The second kappa shape index (κ2) is 10.4. The van der Waals surface area contributed by atoms with E-state index in [0.29, 0.717) is 32.3 Å². The fourth-order valence-electron chi connectivity index (χ4n) is 2.35. The van der Waals surface area contributed by atoms with Crippen LogP contribution in [0.2, 0.25) is 0 Å². The number of piperidine rings is 1. The molecule has 19 heavy (non-hydrogen) atoms. The van der Waals surface area contributed by atoms with E-state index in [9.17, 15) is 4.79 Å². The minimum atomic E-state index is 0. The Kier molecular flexibility index (Phi) is 10.2. The van der Waals surface area contributed by atoms with Crippen LogP contribution in [0, 0.1) is 5.92 Å². The predicted octanol–water partition coefficient (Wildman–Crippen LogP) is 0.918. The Hall–Kier alpha value is -0.360. The van der Waals surface area contributed by atoms with Gasteiger partial charge in [-0.3, -0.25) is 4.79 Å². The molecule has 0 aromatic carbocycles.